The van der Waals surface area contributed by atoms with Crippen LogP contribution in [0.1, 0.15) is 44.9 Å². The maximum Gasteiger partial charge on any atom is 0.220 e. The minimum absolute atomic E-state index is 0.269. The number of unbranched alkanes of at least 4 members (excludes halogenated alkanes) is 1. The Morgan fingerprint density at radius 1 is 1.25 bits per heavy atom. The molecule has 20 heavy (non-hydrogen) atoms. The molecule has 2 nitrogen and oxygen atoms in total. The van der Waals surface area contributed by atoms with E-state index in [0.29, 0.717) is 5.92 Å². The van der Waals surface area contributed by atoms with E-state index in [1.165, 1.54) is 37.9 Å². The van der Waals surface area contributed by atoms with Crippen LogP contribution < -0.4 is 5.32 Å². The first-order valence-electron chi connectivity index (χ1n) is 8.04. The molecule has 112 valence electrons. The smallest absolute Gasteiger partial charge is 0.220 e. The van der Waals surface area contributed by atoms with E-state index >= 15 is 0 Å². The summed E-state index contributed by atoms with van der Waals surface area (Å²) in [5.74, 6) is 3.85. The summed E-state index contributed by atoms with van der Waals surface area (Å²) in [5.41, 5.74) is 0. The van der Waals surface area contributed by atoms with Crippen molar-refractivity contribution in [1.82, 2.24) is 5.32 Å². The molecule has 2 fully saturated rings. The van der Waals surface area contributed by atoms with E-state index in [0.717, 1.165) is 36.5 Å². The van der Waals surface area contributed by atoms with Crippen LogP contribution >= 0.6 is 21.6 Å². The molecule has 1 heterocycles. The molecule has 4 heteroatoms. The Labute approximate surface area is 130 Å². The first-order valence-corrected chi connectivity index (χ1v) is 10.4. The topological polar surface area (TPSA) is 29.1 Å². The maximum atomic E-state index is 11.9. The van der Waals surface area contributed by atoms with Gasteiger partial charge in [0.05, 0.1) is 0 Å². The molecule has 1 aliphatic heterocycles. The molecule has 0 aromatic heterocycles. The fourth-order valence-electron chi connectivity index (χ4n) is 3.68. The van der Waals surface area contributed by atoms with Gasteiger partial charge in [0.2, 0.25) is 5.91 Å². The fourth-order valence-corrected chi connectivity index (χ4v) is 6.71. The molecule has 0 unspecified atom stereocenters. The molecule has 3 rings (SSSR count). The third-order valence-corrected chi connectivity index (χ3v) is 7.89. The molecule has 0 spiro atoms. The largest absolute Gasteiger partial charge is 0.356 e. The van der Waals surface area contributed by atoms with Crippen LogP contribution in [0.2, 0.25) is 0 Å². The van der Waals surface area contributed by atoms with Crippen molar-refractivity contribution in [1.29, 1.82) is 0 Å². The van der Waals surface area contributed by atoms with E-state index in [1.807, 2.05) is 21.6 Å². The fraction of sp³-hybridized carbons (Fsp3) is 0.812. The zero-order valence-corrected chi connectivity index (χ0v) is 13.7. The average Bonchev–Trinajstić information content (AvgIpc) is 3.18. The summed E-state index contributed by atoms with van der Waals surface area (Å²) >= 11 is 0. The summed E-state index contributed by atoms with van der Waals surface area (Å²) < 4.78 is 0. The molecular formula is C16H25NOS2. The van der Waals surface area contributed by atoms with Crippen LogP contribution in [-0.4, -0.2) is 23.5 Å². The molecule has 4 atom stereocenters. The average molecular weight is 312 g/mol. The van der Waals surface area contributed by atoms with Crippen molar-refractivity contribution in [3.8, 4) is 0 Å². The van der Waals surface area contributed by atoms with E-state index in [9.17, 15) is 4.79 Å². The van der Waals surface area contributed by atoms with Crippen LogP contribution in [0.25, 0.3) is 0 Å². The number of hydrogen-bond acceptors (Lipinski definition) is 3. The van der Waals surface area contributed by atoms with Crippen LogP contribution in [0.15, 0.2) is 12.2 Å². The van der Waals surface area contributed by atoms with Gasteiger partial charge < -0.3 is 5.32 Å². The summed E-state index contributed by atoms with van der Waals surface area (Å²) in [6, 6.07) is 0. The molecular weight excluding hydrogens is 286 g/mol. The molecule has 1 saturated carbocycles. The predicted octanol–water partition coefficient (Wildman–Crippen LogP) is 4.03. The van der Waals surface area contributed by atoms with Gasteiger partial charge in [-0.05, 0) is 49.9 Å². The number of carbonyl (C=O) groups excluding carboxylic acids is 1. The highest BCUT2D eigenvalue weighted by atomic mass is 33.1. The molecule has 3 aliphatic rings. The van der Waals surface area contributed by atoms with Crippen LogP contribution in [0.5, 0.6) is 0 Å². The van der Waals surface area contributed by atoms with Crippen molar-refractivity contribution in [2.45, 2.75) is 50.2 Å². The maximum absolute atomic E-state index is 11.9. The van der Waals surface area contributed by atoms with Gasteiger partial charge in [0, 0.05) is 24.0 Å². The summed E-state index contributed by atoms with van der Waals surface area (Å²) in [5, 5.41) is 4.01. The van der Waals surface area contributed by atoms with Crippen molar-refractivity contribution in [3.05, 3.63) is 12.2 Å². The molecule has 0 aromatic rings. The highest BCUT2D eigenvalue weighted by Gasteiger charge is 2.35. The van der Waals surface area contributed by atoms with Crippen LogP contribution in [0, 0.1) is 17.8 Å². The lowest BCUT2D eigenvalue weighted by atomic mass is 9.93. The monoisotopic (exact) mass is 311 g/mol. The molecule has 1 N–H and O–H groups in total. The SMILES string of the molecule is O=C(CCCC[C@H]1CCSS1)NC[C@H]1C[C@H]2C=C[C@H]1C2. The van der Waals surface area contributed by atoms with E-state index in [2.05, 4.69) is 17.5 Å². The zero-order chi connectivity index (χ0) is 13.8. The lowest BCUT2D eigenvalue weighted by Crippen LogP contribution is -2.30. The van der Waals surface area contributed by atoms with Crippen molar-refractivity contribution >= 4 is 27.5 Å². The van der Waals surface area contributed by atoms with E-state index in [-0.39, 0.29) is 5.91 Å². The Hall–Kier alpha value is -0.0900. The Bertz CT molecular complexity index is 365. The number of rotatable bonds is 7. The Balaban J connectivity index is 1.23. The van der Waals surface area contributed by atoms with Gasteiger partial charge in [0.15, 0.2) is 0 Å². The second-order valence-corrected chi connectivity index (χ2v) is 9.21. The van der Waals surface area contributed by atoms with Gasteiger partial charge in [0.25, 0.3) is 0 Å². The standard InChI is InChI=1S/C16H25NOS2/c18-16(4-2-1-3-15-7-8-19-20-15)17-11-14-10-12-5-6-13(14)9-12/h5-6,12-15H,1-4,7-11H2,(H,17,18)/t12-,13-,14+,15-/m0/s1. The summed E-state index contributed by atoms with van der Waals surface area (Å²) in [7, 11) is 4.05. The van der Waals surface area contributed by atoms with E-state index in [4.69, 9.17) is 0 Å². The van der Waals surface area contributed by atoms with Crippen LogP contribution in [0.3, 0.4) is 0 Å². The second-order valence-electron chi connectivity index (χ2n) is 6.42. The number of allylic oxidation sites excluding steroid dienone is 2. The predicted molar refractivity (Wildman–Crippen MR) is 88.8 cm³/mol. The van der Waals surface area contributed by atoms with Crippen molar-refractivity contribution in [3.63, 3.8) is 0 Å². The quantitative estimate of drug-likeness (QED) is 0.437. The molecule has 1 saturated heterocycles. The Kier molecular flexibility index (Phi) is 5.38. The van der Waals surface area contributed by atoms with Crippen molar-refractivity contribution in [2.24, 2.45) is 17.8 Å². The highest BCUT2D eigenvalue weighted by molar-refractivity contribution is 8.77. The number of hydrogen-bond donors (Lipinski definition) is 1. The third kappa shape index (κ3) is 3.97. The first kappa shape index (κ1) is 14.8. The van der Waals surface area contributed by atoms with Crippen molar-refractivity contribution < 1.29 is 4.79 Å². The van der Waals surface area contributed by atoms with Gasteiger partial charge in [0.1, 0.15) is 0 Å². The molecule has 2 aliphatic carbocycles. The Morgan fingerprint density at radius 3 is 2.90 bits per heavy atom. The number of amides is 1. The molecule has 2 bridgehead atoms. The number of nitrogens with one attached hydrogen (secondary N) is 1. The highest BCUT2D eigenvalue weighted by Crippen LogP contribution is 2.43. The van der Waals surface area contributed by atoms with Gasteiger partial charge in [-0.3, -0.25) is 4.79 Å². The lowest BCUT2D eigenvalue weighted by molar-refractivity contribution is -0.121. The van der Waals surface area contributed by atoms with Gasteiger partial charge in [-0.1, -0.05) is 40.2 Å². The van der Waals surface area contributed by atoms with E-state index in [1.54, 1.807) is 0 Å². The van der Waals surface area contributed by atoms with Gasteiger partial charge in [-0.25, -0.2) is 0 Å². The zero-order valence-electron chi connectivity index (χ0n) is 12.1. The van der Waals surface area contributed by atoms with Crippen LogP contribution in [0.4, 0.5) is 0 Å². The first-order chi connectivity index (χ1) is 9.81. The number of carbonyl (C=O) groups is 1. The normalized spacial score (nSPS) is 34.8. The van der Waals surface area contributed by atoms with Gasteiger partial charge in [-0.2, -0.15) is 0 Å². The Morgan fingerprint density at radius 2 is 2.20 bits per heavy atom. The van der Waals surface area contributed by atoms with Crippen molar-refractivity contribution in [2.75, 3.05) is 12.3 Å². The lowest BCUT2D eigenvalue weighted by Gasteiger charge is -2.18. The second kappa shape index (κ2) is 7.26. The minimum atomic E-state index is 0.269. The van der Waals surface area contributed by atoms with E-state index < -0.39 is 0 Å². The molecule has 0 radical (unpaired) electrons. The number of fused-ring (bicyclic) bond motifs is 2. The molecule has 0 aromatic carbocycles. The summed E-state index contributed by atoms with van der Waals surface area (Å²) in [6.45, 7) is 0.902. The third-order valence-electron chi connectivity index (χ3n) is 4.89. The summed E-state index contributed by atoms with van der Waals surface area (Å²) in [4.78, 5) is 11.9. The van der Waals surface area contributed by atoms with Crippen LogP contribution in [-0.2, 0) is 4.79 Å². The summed E-state index contributed by atoms with van der Waals surface area (Å²) in [6.07, 6.45) is 13.0. The minimum Gasteiger partial charge on any atom is -0.356 e. The van der Waals surface area contributed by atoms with Gasteiger partial charge in [-0.15, -0.1) is 0 Å². The molecule has 1 amide bonds. The van der Waals surface area contributed by atoms with Gasteiger partial charge >= 0.3 is 0 Å².